The fourth-order valence-electron chi connectivity index (χ4n) is 2.31. The smallest absolute Gasteiger partial charge is 0.267 e. The van der Waals surface area contributed by atoms with Gasteiger partial charge in [-0.2, -0.15) is 0 Å². The highest BCUT2D eigenvalue weighted by molar-refractivity contribution is 5.91. The molecule has 1 heterocycles. The Bertz CT molecular complexity index is 896. The van der Waals surface area contributed by atoms with Gasteiger partial charge in [-0.25, -0.2) is 9.97 Å². The number of carbonyl (C=O) groups is 1. The van der Waals surface area contributed by atoms with Crippen LogP contribution in [0.5, 0.6) is 11.5 Å². The quantitative estimate of drug-likeness (QED) is 0.722. The molecule has 2 aromatic carbocycles. The highest BCUT2D eigenvalue weighted by atomic mass is 16.5. The average molecular weight is 334 g/mol. The van der Waals surface area contributed by atoms with Crippen molar-refractivity contribution in [2.24, 2.45) is 5.73 Å². The Kier molecular flexibility index (Phi) is 4.89. The zero-order chi connectivity index (χ0) is 17.6. The Morgan fingerprint density at radius 2 is 1.80 bits per heavy atom. The SMILES string of the molecule is Cc1ccccc1Oc1ccccc1CNc1cc(C(N)=O)ncn1. The molecule has 0 spiro atoms. The number of rotatable bonds is 6. The molecule has 3 N–H and O–H groups in total. The highest BCUT2D eigenvalue weighted by Gasteiger charge is 2.08. The molecule has 0 radical (unpaired) electrons. The number of hydrogen-bond acceptors (Lipinski definition) is 5. The summed E-state index contributed by atoms with van der Waals surface area (Å²) < 4.78 is 6.04. The third kappa shape index (κ3) is 4.11. The number of nitrogens with zero attached hydrogens (tertiary/aromatic N) is 2. The van der Waals surface area contributed by atoms with E-state index < -0.39 is 5.91 Å². The van der Waals surface area contributed by atoms with Crippen LogP contribution in [0, 0.1) is 6.92 Å². The number of carbonyl (C=O) groups excluding carboxylic acids is 1. The fourth-order valence-corrected chi connectivity index (χ4v) is 2.31. The first-order chi connectivity index (χ1) is 12.1. The molecule has 6 nitrogen and oxygen atoms in total. The number of amides is 1. The molecule has 0 saturated carbocycles. The van der Waals surface area contributed by atoms with E-state index in [-0.39, 0.29) is 5.69 Å². The number of para-hydroxylation sites is 2. The van der Waals surface area contributed by atoms with Crippen LogP contribution in [0.1, 0.15) is 21.6 Å². The molecule has 126 valence electrons. The Morgan fingerprint density at radius 3 is 2.56 bits per heavy atom. The van der Waals surface area contributed by atoms with Gasteiger partial charge in [-0.05, 0) is 24.6 Å². The standard InChI is InChI=1S/C19H18N4O2/c1-13-6-2-4-8-16(13)25-17-9-5-3-7-14(17)11-21-18-10-15(19(20)24)22-12-23-18/h2-10,12H,11H2,1H3,(H2,20,24)(H,21,22,23). The van der Waals surface area contributed by atoms with Gasteiger partial charge in [0.05, 0.1) is 0 Å². The number of hydrogen-bond donors (Lipinski definition) is 2. The van der Waals surface area contributed by atoms with Gasteiger partial charge >= 0.3 is 0 Å². The summed E-state index contributed by atoms with van der Waals surface area (Å²) in [6, 6.07) is 17.1. The second-order valence-electron chi connectivity index (χ2n) is 5.48. The lowest BCUT2D eigenvalue weighted by molar-refractivity contribution is 0.0995. The van der Waals surface area contributed by atoms with Gasteiger partial charge in [-0.3, -0.25) is 4.79 Å². The van der Waals surface area contributed by atoms with E-state index in [1.807, 2.05) is 55.5 Å². The molecule has 0 saturated heterocycles. The molecule has 0 aliphatic rings. The van der Waals surface area contributed by atoms with Crippen LogP contribution in [0.4, 0.5) is 5.82 Å². The lowest BCUT2D eigenvalue weighted by Crippen LogP contribution is -2.14. The Hall–Kier alpha value is -3.41. The van der Waals surface area contributed by atoms with Gasteiger partial charge in [0.1, 0.15) is 29.3 Å². The topological polar surface area (TPSA) is 90.1 Å². The van der Waals surface area contributed by atoms with Gasteiger partial charge in [-0.1, -0.05) is 36.4 Å². The highest BCUT2D eigenvalue weighted by Crippen LogP contribution is 2.28. The third-order valence-corrected chi connectivity index (χ3v) is 3.67. The summed E-state index contributed by atoms with van der Waals surface area (Å²) >= 11 is 0. The van der Waals surface area contributed by atoms with Crippen molar-refractivity contribution >= 4 is 11.7 Å². The van der Waals surface area contributed by atoms with Gasteiger partial charge in [0.25, 0.3) is 5.91 Å². The van der Waals surface area contributed by atoms with Gasteiger partial charge in [0.15, 0.2) is 0 Å². The van der Waals surface area contributed by atoms with Crippen molar-refractivity contribution in [1.82, 2.24) is 9.97 Å². The Morgan fingerprint density at radius 1 is 1.08 bits per heavy atom. The summed E-state index contributed by atoms with van der Waals surface area (Å²) in [5.74, 6) is 1.50. The van der Waals surface area contributed by atoms with E-state index in [2.05, 4.69) is 15.3 Å². The van der Waals surface area contributed by atoms with Crippen molar-refractivity contribution in [2.45, 2.75) is 13.5 Å². The minimum absolute atomic E-state index is 0.168. The van der Waals surface area contributed by atoms with E-state index >= 15 is 0 Å². The van der Waals surface area contributed by atoms with Crippen molar-refractivity contribution < 1.29 is 9.53 Å². The number of aromatic nitrogens is 2. The molecule has 1 amide bonds. The summed E-state index contributed by atoms with van der Waals surface area (Å²) in [7, 11) is 0. The number of nitrogens with one attached hydrogen (secondary N) is 1. The molecular weight excluding hydrogens is 316 g/mol. The molecular formula is C19H18N4O2. The zero-order valence-corrected chi connectivity index (χ0v) is 13.8. The van der Waals surface area contributed by atoms with Crippen molar-refractivity contribution in [3.8, 4) is 11.5 Å². The molecule has 3 rings (SSSR count). The van der Waals surface area contributed by atoms with Crippen LogP contribution in [0.15, 0.2) is 60.9 Å². The molecule has 3 aromatic rings. The van der Waals surface area contributed by atoms with E-state index in [1.54, 1.807) is 0 Å². The summed E-state index contributed by atoms with van der Waals surface area (Å²) in [6.07, 6.45) is 1.30. The molecule has 0 fully saturated rings. The second-order valence-corrected chi connectivity index (χ2v) is 5.48. The van der Waals surface area contributed by atoms with Gasteiger partial charge in [0, 0.05) is 18.2 Å². The average Bonchev–Trinajstić information content (AvgIpc) is 2.63. The molecule has 0 bridgehead atoms. The molecule has 0 atom stereocenters. The van der Waals surface area contributed by atoms with E-state index in [4.69, 9.17) is 10.5 Å². The predicted molar refractivity (Wildman–Crippen MR) is 95.6 cm³/mol. The van der Waals surface area contributed by atoms with Gasteiger partial charge < -0.3 is 15.8 Å². The minimum atomic E-state index is -0.589. The molecule has 0 aliphatic heterocycles. The van der Waals surface area contributed by atoms with E-state index in [9.17, 15) is 4.79 Å². The lowest BCUT2D eigenvalue weighted by atomic mass is 10.2. The number of nitrogens with two attached hydrogens (primary N) is 1. The van der Waals surface area contributed by atoms with Crippen molar-refractivity contribution in [3.63, 3.8) is 0 Å². The third-order valence-electron chi connectivity index (χ3n) is 3.67. The van der Waals surface area contributed by atoms with Crippen LogP contribution in [-0.4, -0.2) is 15.9 Å². The van der Waals surface area contributed by atoms with Crippen molar-refractivity contribution in [1.29, 1.82) is 0 Å². The normalized spacial score (nSPS) is 10.3. The van der Waals surface area contributed by atoms with E-state index in [0.29, 0.717) is 12.4 Å². The first kappa shape index (κ1) is 16.4. The molecule has 0 unspecified atom stereocenters. The Labute approximate surface area is 145 Å². The van der Waals surface area contributed by atoms with E-state index in [0.717, 1.165) is 22.6 Å². The fraction of sp³-hybridized carbons (Fsp3) is 0.105. The van der Waals surface area contributed by atoms with Crippen molar-refractivity contribution in [2.75, 3.05) is 5.32 Å². The molecule has 0 aliphatic carbocycles. The number of benzene rings is 2. The summed E-state index contributed by atoms with van der Waals surface area (Å²) in [4.78, 5) is 19.1. The summed E-state index contributed by atoms with van der Waals surface area (Å²) in [6.45, 7) is 2.49. The van der Waals surface area contributed by atoms with Crippen LogP contribution in [-0.2, 0) is 6.54 Å². The first-order valence-electron chi connectivity index (χ1n) is 7.80. The van der Waals surface area contributed by atoms with Crippen LogP contribution >= 0.6 is 0 Å². The van der Waals surface area contributed by atoms with Crippen LogP contribution in [0.3, 0.4) is 0 Å². The summed E-state index contributed by atoms with van der Waals surface area (Å²) in [5.41, 5.74) is 7.43. The monoisotopic (exact) mass is 334 g/mol. The number of primary amides is 1. The largest absolute Gasteiger partial charge is 0.457 e. The minimum Gasteiger partial charge on any atom is -0.457 e. The number of ether oxygens (including phenoxy) is 1. The number of anilines is 1. The predicted octanol–water partition coefficient (Wildman–Crippen LogP) is 3.29. The van der Waals surface area contributed by atoms with Crippen LogP contribution in [0.25, 0.3) is 0 Å². The van der Waals surface area contributed by atoms with E-state index in [1.165, 1.54) is 12.4 Å². The maximum Gasteiger partial charge on any atom is 0.267 e. The molecule has 25 heavy (non-hydrogen) atoms. The zero-order valence-electron chi connectivity index (χ0n) is 13.8. The number of aryl methyl sites for hydroxylation is 1. The van der Waals surface area contributed by atoms with Crippen LogP contribution in [0.2, 0.25) is 0 Å². The lowest BCUT2D eigenvalue weighted by Gasteiger charge is -2.13. The summed E-state index contributed by atoms with van der Waals surface area (Å²) in [5, 5.41) is 3.16. The van der Waals surface area contributed by atoms with Gasteiger partial charge in [-0.15, -0.1) is 0 Å². The maximum atomic E-state index is 11.2. The Balaban J connectivity index is 1.76. The van der Waals surface area contributed by atoms with Crippen molar-refractivity contribution in [3.05, 3.63) is 77.7 Å². The maximum absolute atomic E-state index is 11.2. The first-order valence-corrected chi connectivity index (χ1v) is 7.80. The molecule has 6 heteroatoms. The van der Waals surface area contributed by atoms with Gasteiger partial charge in [0.2, 0.25) is 0 Å². The molecule has 1 aromatic heterocycles. The van der Waals surface area contributed by atoms with Crippen LogP contribution < -0.4 is 15.8 Å². The second kappa shape index (κ2) is 7.44.